The average Bonchev–Trinajstić information content (AvgIpc) is 2.94. The summed E-state index contributed by atoms with van der Waals surface area (Å²) >= 11 is 0. The van der Waals surface area contributed by atoms with Crippen LogP contribution in [0.5, 0.6) is 5.75 Å². The summed E-state index contributed by atoms with van der Waals surface area (Å²) in [6.45, 7) is 5.80. The molecule has 0 radical (unpaired) electrons. The Hall–Kier alpha value is -3.27. The minimum Gasteiger partial charge on any atom is -0.491 e. The van der Waals surface area contributed by atoms with E-state index >= 15 is 0 Å². The zero-order chi connectivity index (χ0) is 26.6. The number of nitrogens with zero attached hydrogens (tertiary/aromatic N) is 4. The lowest BCUT2D eigenvalue weighted by Crippen LogP contribution is -2.39. The van der Waals surface area contributed by atoms with Crippen molar-refractivity contribution in [3.8, 4) is 5.75 Å². The third-order valence-corrected chi connectivity index (χ3v) is 6.80. The molecular formula is C29H40N6O3. The van der Waals surface area contributed by atoms with Gasteiger partial charge in [0, 0.05) is 43.4 Å². The number of hydrogen-bond donors (Lipinski definition) is 4. The van der Waals surface area contributed by atoms with Gasteiger partial charge in [0.1, 0.15) is 18.2 Å². The van der Waals surface area contributed by atoms with E-state index in [0.717, 1.165) is 74.0 Å². The highest BCUT2D eigenvalue weighted by atomic mass is 16.5. The monoisotopic (exact) mass is 520 g/mol. The number of fused-ring (bicyclic) bond motifs is 1. The van der Waals surface area contributed by atoms with E-state index in [4.69, 9.17) is 9.72 Å². The SMILES string of the molecule is Cc1ccc(OCCN(CCCCc2ccc3c(n2)NCCC3)CC[C@H](Nc2cccnc2)C(O)O)cn1. The number of pyridine rings is 3. The molecule has 204 valence electrons. The Morgan fingerprint density at radius 1 is 1.08 bits per heavy atom. The second kappa shape index (κ2) is 14.6. The lowest BCUT2D eigenvalue weighted by Gasteiger charge is -2.27. The van der Waals surface area contributed by atoms with Gasteiger partial charge >= 0.3 is 0 Å². The molecule has 3 aromatic rings. The molecule has 9 nitrogen and oxygen atoms in total. The van der Waals surface area contributed by atoms with Crippen LogP contribution >= 0.6 is 0 Å². The number of anilines is 2. The molecular weight excluding hydrogens is 480 g/mol. The van der Waals surface area contributed by atoms with E-state index in [1.165, 1.54) is 12.0 Å². The van der Waals surface area contributed by atoms with Gasteiger partial charge in [0.2, 0.25) is 0 Å². The molecule has 38 heavy (non-hydrogen) atoms. The fourth-order valence-electron chi connectivity index (χ4n) is 4.60. The molecule has 4 N–H and O–H groups in total. The molecule has 1 aliphatic heterocycles. The van der Waals surface area contributed by atoms with Gasteiger partial charge in [-0.15, -0.1) is 0 Å². The van der Waals surface area contributed by atoms with E-state index in [0.29, 0.717) is 19.6 Å². The fourth-order valence-corrected chi connectivity index (χ4v) is 4.60. The number of ether oxygens (including phenoxy) is 1. The highest BCUT2D eigenvalue weighted by Crippen LogP contribution is 2.20. The van der Waals surface area contributed by atoms with Crippen molar-refractivity contribution in [1.82, 2.24) is 19.9 Å². The van der Waals surface area contributed by atoms with Crippen LogP contribution in [0.4, 0.5) is 11.5 Å². The molecule has 1 aliphatic rings. The van der Waals surface area contributed by atoms with E-state index in [9.17, 15) is 10.2 Å². The molecule has 0 amide bonds. The van der Waals surface area contributed by atoms with Crippen LogP contribution in [0.15, 0.2) is 55.0 Å². The van der Waals surface area contributed by atoms with Crippen molar-refractivity contribution in [3.05, 3.63) is 71.9 Å². The number of aliphatic hydroxyl groups excluding tert-OH is 1. The van der Waals surface area contributed by atoms with Crippen LogP contribution in [0.3, 0.4) is 0 Å². The third kappa shape index (κ3) is 8.93. The van der Waals surface area contributed by atoms with E-state index in [-0.39, 0.29) is 0 Å². The first-order valence-electron chi connectivity index (χ1n) is 13.6. The summed E-state index contributed by atoms with van der Waals surface area (Å²) in [6, 6.07) is 11.4. The average molecular weight is 521 g/mol. The van der Waals surface area contributed by atoms with Crippen molar-refractivity contribution in [2.45, 2.75) is 57.8 Å². The zero-order valence-electron chi connectivity index (χ0n) is 22.2. The minimum absolute atomic E-state index is 0.504. The highest BCUT2D eigenvalue weighted by molar-refractivity contribution is 5.47. The van der Waals surface area contributed by atoms with E-state index in [1.807, 2.05) is 31.2 Å². The fraction of sp³-hybridized carbons (Fsp3) is 0.483. The predicted octanol–water partition coefficient (Wildman–Crippen LogP) is 3.42. The second-order valence-electron chi connectivity index (χ2n) is 9.82. The molecule has 0 bridgehead atoms. The summed E-state index contributed by atoms with van der Waals surface area (Å²) in [4.78, 5) is 15.5. The van der Waals surface area contributed by atoms with Crippen molar-refractivity contribution in [3.63, 3.8) is 0 Å². The van der Waals surface area contributed by atoms with E-state index in [2.05, 4.69) is 37.6 Å². The molecule has 0 unspecified atom stereocenters. The molecule has 4 heterocycles. The second-order valence-corrected chi connectivity index (χ2v) is 9.82. The summed E-state index contributed by atoms with van der Waals surface area (Å²) in [5, 5.41) is 26.5. The van der Waals surface area contributed by atoms with Gasteiger partial charge in [0.25, 0.3) is 0 Å². The highest BCUT2D eigenvalue weighted by Gasteiger charge is 2.18. The topological polar surface area (TPSA) is 116 Å². The van der Waals surface area contributed by atoms with Crippen molar-refractivity contribution in [2.24, 2.45) is 0 Å². The maximum absolute atomic E-state index is 9.97. The quantitative estimate of drug-likeness (QED) is 0.177. The van der Waals surface area contributed by atoms with Crippen LogP contribution in [0.2, 0.25) is 0 Å². The van der Waals surface area contributed by atoms with Gasteiger partial charge < -0.3 is 25.6 Å². The Balaban J connectivity index is 1.28. The first-order chi connectivity index (χ1) is 18.6. The third-order valence-electron chi connectivity index (χ3n) is 6.80. The number of rotatable bonds is 15. The Kier molecular flexibility index (Phi) is 10.7. The Bertz CT molecular complexity index is 1100. The number of aryl methyl sites for hydroxylation is 3. The molecule has 0 saturated heterocycles. The normalized spacial score (nSPS) is 13.7. The summed E-state index contributed by atoms with van der Waals surface area (Å²) in [5.41, 5.74) is 4.16. The summed E-state index contributed by atoms with van der Waals surface area (Å²) in [5.74, 6) is 1.80. The van der Waals surface area contributed by atoms with Gasteiger partial charge in [-0.05, 0) is 87.9 Å². The zero-order valence-corrected chi connectivity index (χ0v) is 22.2. The van der Waals surface area contributed by atoms with Gasteiger partial charge in [-0.2, -0.15) is 0 Å². The molecule has 9 heteroatoms. The summed E-state index contributed by atoms with van der Waals surface area (Å²) in [6.07, 6.45) is 9.46. The number of aliphatic hydroxyl groups is 2. The maximum Gasteiger partial charge on any atom is 0.172 e. The minimum atomic E-state index is -1.48. The van der Waals surface area contributed by atoms with Gasteiger partial charge in [-0.25, -0.2) is 4.98 Å². The van der Waals surface area contributed by atoms with Crippen LogP contribution in [0.25, 0.3) is 0 Å². The first-order valence-corrected chi connectivity index (χ1v) is 13.6. The van der Waals surface area contributed by atoms with Crippen LogP contribution in [-0.4, -0.2) is 75.2 Å². The lowest BCUT2D eigenvalue weighted by atomic mass is 10.1. The molecule has 4 rings (SSSR count). The molecule has 0 fully saturated rings. The molecule has 1 atom stereocenters. The smallest absolute Gasteiger partial charge is 0.172 e. The Morgan fingerprint density at radius 3 is 2.79 bits per heavy atom. The molecule has 0 aliphatic carbocycles. The Labute approximate surface area is 225 Å². The lowest BCUT2D eigenvalue weighted by molar-refractivity contribution is -0.0559. The van der Waals surface area contributed by atoms with Crippen LogP contribution in [0.1, 0.15) is 42.6 Å². The van der Waals surface area contributed by atoms with Crippen molar-refractivity contribution < 1.29 is 14.9 Å². The first kappa shape index (κ1) is 27.8. The van der Waals surface area contributed by atoms with Crippen LogP contribution in [-0.2, 0) is 12.8 Å². The van der Waals surface area contributed by atoms with E-state index in [1.54, 1.807) is 18.6 Å². The van der Waals surface area contributed by atoms with Crippen molar-refractivity contribution in [2.75, 3.05) is 43.4 Å². The van der Waals surface area contributed by atoms with Crippen LogP contribution < -0.4 is 15.4 Å². The molecule has 0 saturated carbocycles. The number of hydrogen-bond acceptors (Lipinski definition) is 9. The number of unbranched alkanes of at least 4 members (excludes halogenated alkanes) is 1. The standard InChI is InChI=1S/C29H40N6O3/c1-22-9-12-26(21-32-22)38-19-18-35(17-13-27(29(36)37)33-25-8-5-14-30-20-25)16-3-2-7-24-11-10-23-6-4-15-31-28(23)34-24/h5,8-12,14,20-21,27,29,33,36-37H,2-4,6-7,13,15-19H2,1H3,(H,31,34)/t27-/m0/s1. The maximum atomic E-state index is 9.97. The van der Waals surface area contributed by atoms with Crippen molar-refractivity contribution in [1.29, 1.82) is 0 Å². The Morgan fingerprint density at radius 2 is 2.00 bits per heavy atom. The summed E-state index contributed by atoms with van der Waals surface area (Å²) < 4.78 is 5.93. The number of aromatic nitrogens is 3. The van der Waals surface area contributed by atoms with E-state index < -0.39 is 12.3 Å². The molecule has 0 spiro atoms. The van der Waals surface area contributed by atoms with Gasteiger partial charge in [-0.3, -0.25) is 14.9 Å². The van der Waals surface area contributed by atoms with Crippen molar-refractivity contribution >= 4 is 11.5 Å². The van der Waals surface area contributed by atoms with Crippen LogP contribution in [0, 0.1) is 6.92 Å². The molecule has 3 aromatic heterocycles. The largest absolute Gasteiger partial charge is 0.491 e. The van der Waals surface area contributed by atoms with Gasteiger partial charge in [-0.1, -0.05) is 6.07 Å². The number of nitrogens with one attached hydrogen (secondary N) is 2. The molecule has 0 aromatic carbocycles. The van der Waals surface area contributed by atoms with Gasteiger partial charge in [0.05, 0.1) is 17.9 Å². The van der Waals surface area contributed by atoms with Gasteiger partial charge in [0.15, 0.2) is 6.29 Å². The predicted molar refractivity (Wildman–Crippen MR) is 149 cm³/mol. The summed E-state index contributed by atoms with van der Waals surface area (Å²) in [7, 11) is 0.